The van der Waals surface area contributed by atoms with Crippen molar-refractivity contribution >= 4 is 29.1 Å². The highest BCUT2D eigenvalue weighted by atomic mass is 16.6. The van der Waals surface area contributed by atoms with Crippen molar-refractivity contribution in [1.29, 1.82) is 0 Å². The monoisotopic (exact) mass is 802 g/mol. The van der Waals surface area contributed by atoms with Crippen LogP contribution in [-0.2, 0) is 19.1 Å². The lowest BCUT2D eigenvalue weighted by molar-refractivity contribution is -0.153. The minimum absolute atomic E-state index is 0.0120. The number of nitrogens with two attached hydrogens (primary N) is 1. The van der Waals surface area contributed by atoms with Crippen LogP contribution in [0.4, 0.5) is 5.95 Å². The minimum Gasteiger partial charge on any atom is -0.465 e. The second kappa shape index (κ2) is 29.9. The van der Waals surface area contributed by atoms with E-state index in [2.05, 4.69) is 84.0 Å². The van der Waals surface area contributed by atoms with Crippen LogP contribution in [0.1, 0.15) is 180 Å². The van der Waals surface area contributed by atoms with Gasteiger partial charge in [-0.05, 0) is 82.6 Å². The number of imidazole rings is 1. The van der Waals surface area contributed by atoms with E-state index in [9.17, 15) is 14.4 Å². The van der Waals surface area contributed by atoms with Crippen molar-refractivity contribution in [3.05, 3.63) is 77.4 Å². The topological polar surface area (TPSA) is 142 Å². The molecule has 0 bridgehead atoms. The number of anilines is 1. The van der Waals surface area contributed by atoms with E-state index in [1.54, 1.807) is 10.9 Å². The number of hydrogen-bond donors (Lipinski definition) is 2. The third kappa shape index (κ3) is 19.0. The Morgan fingerprint density at radius 3 is 1.81 bits per heavy atom. The van der Waals surface area contributed by atoms with Crippen molar-refractivity contribution < 1.29 is 19.1 Å². The summed E-state index contributed by atoms with van der Waals surface area (Å²) in [5.41, 5.74) is 6.68. The molecule has 2 heterocycles. The molecule has 10 heteroatoms. The van der Waals surface area contributed by atoms with Crippen molar-refractivity contribution in [2.75, 3.05) is 12.3 Å². The van der Waals surface area contributed by atoms with Crippen LogP contribution in [0.15, 0.2) is 71.9 Å². The Labute approximate surface area is 348 Å². The van der Waals surface area contributed by atoms with Gasteiger partial charge in [-0.1, -0.05) is 133 Å². The smallest absolute Gasteiger partial charge is 0.306 e. The molecule has 3 rings (SSSR count). The highest BCUT2D eigenvalue weighted by Crippen LogP contribution is 2.42. The molecule has 1 aliphatic carbocycles. The molecule has 1 saturated carbocycles. The zero-order valence-electron chi connectivity index (χ0n) is 36.0. The Morgan fingerprint density at radius 1 is 0.759 bits per heavy atom. The van der Waals surface area contributed by atoms with E-state index in [-0.39, 0.29) is 36.1 Å². The van der Waals surface area contributed by atoms with E-state index in [0.29, 0.717) is 24.9 Å². The molecule has 10 nitrogen and oxygen atoms in total. The van der Waals surface area contributed by atoms with Gasteiger partial charge in [-0.3, -0.25) is 19.4 Å². The first-order chi connectivity index (χ1) is 28.3. The second-order valence-corrected chi connectivity index (χ2v) is 15.9. The number of fused-ring (bicyclic) bond motifs is 1. The van der Waals surface area contributed by atoms with Gasteiger partial charge in [0.25, 0.3) is 5.56 Å². The highest BCUT2D eigenvalue weighted by Gasteiger charge is 2.42. The fourth-order valence-electron chi connectivity index (χ4n) is 7.47. The zero-order valence-corrected chi connectivity index (χ0v) is 36.0. The molecule has 0 saturated heterocycles. The van der Waals surface area contributed by atoms with Crippen LogP contribution in [0.2, 0.25) is 0 Å². The van der Waals surface area contributed by atoms with Crippen LogP contribution in [0.25, 0.3) is 11.2 Å². The average molecular weight is 802 g/mol. The van der Waals surface area contributed by atoms with Gasteiger partial charge in [0.1, 0.15) is 12.7 Å². The Hall–Kier alpha value is -4.21. The van der Waals surface area contributed by atoms with E-state index in [4.69, 9.17) is 15.2 Å². The summed E-state index contributed by atoms with van der Waals surface area (Å²) in [4.78, 5) is 49.5. The number of unbranched alkanes of at least 4 members (excludes halogenated alkanes) is 16. The third-order valence-corrected chi connectivity index (χ3v) is 11.0. The van der Waals surface area contributed by atoms with Crippen LogP contribution < -0.4 is 11.3 Å². The molecule has 3 N–H and O–H groups in total. The number of carbonyl (C=O) groups is 2. The van der Waals surface area contributed by atoms with Gasteiger partial charge in [-0.25, -0.2) is 4.98 Å². The Kier molecular flexibility index (Phi) is 24.8. The number of allylic oxidation sites excluding steroid dienone is 8. The Bertz CT molecular complexity index is 1650. The van der Waals surface area contributed by atoms with Gasteiger partial charge in [0.05, 0.1) is 18.3 Å². The fraction of sp³-hybridized carbons (Fsp3) is 0.646. The summed E-state index contributed by atoms with van der Waals surface area (Å²) < 4.78 is 13.6. The number of nitrogens with zero attached hydrogens (tertiary/aromatic N) is 3. The number of H-pyrrole nitrogens is 1. The quantitative estimate of drug-likeness (QED) is 0.0423. The molecular formula is C48H75N5O5. The lowest BCUT2D eigenvalue weighted by Gasteiger charge is -2.20. The SMILES string of the molecule is C=C1C(COC(=O)CCCCCCCC=CCC=CCCCCC)C(OC(=O)CCCCCCCC=CCC=CCCCCC)CC1n1cnc2c(=O)[nH]c(N)nc21. The van der Waals surface area contributed by atoms with E-state index in [0.717, 1.165) is 95.5 Å². The molecule has 2 aromatic rings. The summed E-state index contributed by atoms with van der Waals surface area (Å²) in [7, 11) is 0. The standard InChI is InChI=1S/C48H75N5O5/c1-4-6-8-10-12-14-16-18-20-22-24-26-28-30-32-34-43(54)57-37-40-39(3)41(53-38-50-45-46(53)51-48(49)52-47(45)56)36-42(40)58-44(55)35-33-31-29-27-25-23-21-19-17-15-13-11-9-7-5-2/h12-15,18-21,38,40-42H,3-11,16-17,22-37H2,1-2H3,(H3,49,51,52,56). The number of carbonyl (C=O) groups excluding carboxylic acids is 2. The molecule has 0 radical (unpaired) electrons. The predicted octanol–water partition coefficient (Wildman–Crippen LogP) is 11.9. The van der Waals surface area contributed by atoms with Crippen molar-refractivity contribution in [2.24, 2.45) is 5.92 Å². The normalized spacial score (nSPS) is 17.3. The number of rotatable bonds is 32. The first-order valence-corrected chi connectivity index (χ1v) is 22.7. The second-order valence-electron chi connectivity index (χ2n) is 15.9. The molecule has 322 valence electrons. The fourth-order valence-corrected chi connectivity index (χ4v) is 7.47. The third-order valence-electron chi connectivity index (χ3n) is 11.0. The van der Waals surface area contributed by atoms with Crippen molar-refractivity contribution in [1.82, 2.24) is 19.5 Å². The molecule has 3 atom stereocenters. The lowest BCUT2D eigenvalue weighted by atomic mass is 10.0. The van der Waals surface area contributed by atoms with Gasteiger partial charge in [0.15, 0.2) is 11.2 Å². The first-order valence-electron chi connectivity index (χ1n) is 22.7. The van der Waals surface area contributed by atoms with Gasteiger partial charge < -0.3 is 19.8 Å². The summed E-state index contributed by atoms with van der Waals surface area (Å²) in [6.07, 6.45) is 44.8. The van der Waals surface area contributed by atoms with E-state index >= 15 is 0 Å². The predicted molar refractivity (Wildman–Crippen MR) is 238 cm³/mol. The number of nitrogen functional groups attached to an aromatic ring is 1. The summed E-state index contributed by atoms with van der Waals surface area (Å²) in [6, 6.07) is -0.363. The van der Waals surface area contributed by atoms with E-state index < -0.39 is 17.6 Å². The van der Waals surface area contributed by atoms with Crippen LogP contribution >= 0.6 is 0 Å². The highest BCUT2D eigenvalue weighted by molar-refractivity contribution is 5.72. The largest absolute Gasteiger partial charge is 0.465 e. The van der Waals surface area contributed by atoms with Gasteiger partial charge in [0.2, 0.25) is 5.95 Å². The van der Waals surface area contributed by atoms with Gasteiger partial charge in [0, 0.05) is 19.3 Å². The van der Waals surface area contributed by atoms with E-state index in [1.165, 1.54) is 51.4 Å². The summed E-state index contributed by atoms with van der Waals surface area (Å²) in [5, 5.41) is 0. The molecule has 1 fully saturated rings. The molecule has 3 unspecified atom stereocenters. The number of aromatic amines is 1. The zero-order chi connectivity index (χ0) is 41.6. The van der Waals surface area contributed by atoms with Crippen LogP contribution in [0, 0.1) is 5.92 Å². The van der Waals surface area contributed by atoms with Gasteiger partial charge in [-0.15, -0.1) is 0 Å². The van der Waals surface area contributed by atoms with Crippen LogP contribution in [0.3, 0.4) is 0 Å². The number of ether oxygens (including phenoxy) is 2. The van der Waals surface area contributed by atoms with Crippen LogP contribution in [0.5, 0.6) is 0 Å². The number of aromatic nitrogens is 4. The number of nitrogens with one attached hydrogen (secondary N) is 1. The lowest BCUT2D eigenvalue weighted by Crippen LogP contribution is -2.27. The maximum absolute atomic E-state index is 13.1. The van der Waals surface area contributed by atoms with Gasteiger partial charge >= 0.3 is 11.9 Å². The van der Waals surface area contributed by atoms with Crippen molar-refractivity contribution in [2.45, 2.75) is 187 Å². The summed E-state index contributed by atoms with van der Waals surface area (Å²) >= 11 is 0. The Balaban J connectivity index is 1.39. The number of esters is 2. The first kappa shape index (κ1) is 48.2. The van der Waals surface area contributed by atoms with Crippen molar-refractivity contribution in [3.8, 4) is 0 Å². The van der Waals surface area contributed by atoms with E-state index in [1.807, 2.05) is 0 Å². The average Bonchev–Trinajstić information content (AvgIpc) is 3.76. The molecule has 0 aromatic carbocycles. The summed E-state index contributed by atoms with van der Waals surface area (Å²) in [6.45, 7) is 8.89. The molecular weight excluding hydrogens is 727 g/mol. The minimum atomic E-state index is -0.538. The van der Waals surface area contributed by atoms with Crippen molar-refractivity contribution in [3.63, 3.8) is 0 Å². The molecule has 58 heavy (non-hydrogen) atoms. The number of hydrogen-bond acceptors (Lipinski definition) is 8. The Morgan fingerprint density at radius 2 is 1.26 bits per heavy atom. The summed E-state index contributed by atoms with van der Waals surface area (Å²) in [5.74, 6) is -0.933. The van der Waals surface area contributed by atoms with Crippen LogP contribution in [-0.4, -0.2) is 44.2 Å². The van der Waals surface area contributed by atoms with Gasteiger partial charge in [-0.2, -0.15) is 4.98 Å². The molecule has 0 aliphatic heterocycles. The molecule has 2 aromatic heterocycles. The maximum atomic E-state index is 13.1. The molecule has 0 spiro atoms. The molecule has 1 aliphatic rings. The molecule has 0 amide bonds. The maximum Gasteiger partial charge on any atom is 0.306 e.